The maximum Gasteiger partial charge on any atom is 0.313 e. The van der Waals surface area contributed by atoms with Crippen molar-refractivity contribution in [3.8, 4) is 0 Å². The molecule has 0 aliphatic carbocycles. The van der Waals surface area contributed by atoms with E-state index >= 15 is 0 Å². The van der Waals surface area contributed by atoms with Crippen LogP contribution in [0.2, 0.25) is 0 Å². The fourth-order valence-corrected chi connectivity index (χ4v) is 0.736. The zero-order valence-corrected chi connectivity index (χ0v) is 5.44. The van der Waals surface area contributed by atoms with Crippen LogP contribution in [-0.4, -0.2) is 24.2 Å². The second kappa shape index (κ2) is 3.44. The summed E-state index contributed by atoms with van der Waals surface area (Å²) in [4.78, 5) is 0. The van der Waals surface area contributed by atoms with Gasteiger partial charge in [-0.3, -0.25) is 0 Å². The Morgan fingerprint density at radius 2 is 1.80 bits per heavy atom. The highest BCUT2D eigenvalue weighted by Gasteiger charge is 2.12. The monoisotopic (exact) mass is 133 g/mol. The minimum atomic E-state index is -0.860. The van der Waals surface area contributed by atoms with Crippen molar-refractivity contribution in [1.82, 2.24) is 0 Å². The minimum Gasteiger partial charge on any atom is -0.460 e. The number of hydrogen-bond donors (Lipinski definition) is 2. The molecule has 0 aliphatic heterocycles. The molecule has 0 atom stereocenters. The normalized spacial score (nSPS) is 9.00. The molecule has 2 nitrogen and oxygen atoms in total. The van der Waals surface area contributed by atoms with Gasteiger partial charge in [0.15, 0.2) is 0 Å². The summed E-state index contributed by atoms with van der Waals surface area (Å²) in [6.45, 7) is -0.860. The van der Waals surface area contributed by atoms with Crippen LogP contribution in [-0.2, 0) is 0 Å². The second-order valence-electron chi connectivity index (χ2n) is 2.00. The third kappa shape index (κ3) is 1.62. The highest BCUT2D eigenvalue weighted by Crippen LogP contribution is 1.83. The van der Waals surface area contributed by atoms with E-state index in [-0.39, 0.29) is 0 Å². The Hall–Kier alpha value is -0.730. The van der Waals surface area contributed by atoms with E-state index < -0.39 is 6.81 Å². The molecule has 1 radical (unpaired) electrons. The third-order valence-corrected chi connectivity index (χ3v) is 1.28. The highest BCUT2D eigenvalue weighted by molar-refractivity contribution is 7.12. The summed E-state index contributed by atoms with van der Waals surface area (Å²) in [7, 11) is 0.759. The lowest BCUT2D eigenvalue weighted by Crippen LogP contribution is -2.36. The molecule has 2 N–H and O–H groups in total. The molecular formula is C6H7B2O2. The van der Waals surface area contributed by atoms with Crippen LogP contribution < -0.4 is 5.46 Å². The van der Waals surface area contributed by atoms with Crippen LogP contribution in [0.25, 0.3) is 0 Å². The third-order valence-electron chi connectivity index (χ3n) is 1.28. The average molecular weight is 133 g/mol. The summed E-state index contributed by atoms with van der Waals surface area (Å²) in [6.07, 6.45) is 0. The standard InChI is InChI=1S/C6H7B2O2/c9-7-8(10)6-4-2-1-3-5-6/h1-5,9-10H. The lowest BCUT2D eigenvalue weighted by atomic mass is 9.39. The zero-order chi connectivity index (χ0) is 7.40. The Kier molecular flexibility index (Phi) is 2.54. The second-order valence-corrected chi connectivity index (χ2v) is 2.00. The Bertz CT molecular complexity index is 190. The summed E-state index contributed by atoms with van der Waals surface area (Å²) in [5.41, 5.74) is 0.699. The molecule has 0 aromatic heterocycles. The first-order valence-electron chi connectivity index (χ1n) is 3.05. The first-order valence-corrected chi connectivity index (χ1v) is 3.05. The van der Waals surface area contributed by atoms with Crippen LogP contribution in [0.1, 0.15) is 0 Å². The Balaban J connectivity index is 2.75. The van der Waals surface area contributed by atoms with E-state index in [1.807, 2.05) is 18.2 Å². The zero-order valence-electron chi connectivity index (χ0n) is 5.44. The van der Waals surface area contributed by atoms with Crippen molar-refractivity contribution in [2.45, 2.75) is 0 Å². The summed E-state index contributed by atoms with van der Waals surface area (Å²) in [5, 5.41) is 17.4. The molecule has 49 valence electrons. The van der Waals surface area contributed by atoms with Gasteiger partial charge in [0.05, 0.1) is 0 Å². The van der Waals surface area contributed by atoms with Gasteiger partial charge in [0.25, 0.3) is 7.37 Å². The number of benzene rings is 1. The highest BCUT2D eigenvalue weighted by atomic mass is 16.2. The molecule has 0 aliphatic rings. The first-order chi connectivity index (χ1) is 4.84. The van der Waals surface area contributed by atoms with Gasteiger partial charge < -0.3 is 10.0 Å². The van der Waals surface area contributed by atoms with Crippen LogP contribution >= 0.6 is 0 Å². The summed E-state index contributed by atoms with van der Waals surface area (Å²) < 4.78 is 0. The van der Waals surface area contributed by atoms with Crippen molar-refractivity contribution in [3.63, 3.8) is 0 Å². The molecule has 0 saturated carbocycles. The molecule has 0 fully saturated rings. The van der Waals surface area contributed by atoms with E-state index in [0.717, 1.165) is 7.37 Å². The van der Waals surface area contributed by atoms with Crippen molar-refractivity contribution in [2.24, 2.45) is 0 Å². The molecule has 4 heteroatoms. The van der Waals surface area contributed by atoms with Crippen LogP contribution in [0, 0.1) is 0 Å². The topological polar surface area (TPSA) is 40.5 Å². The lowest BCUT2D eigenvalue weighted by Gasteiger charge is -1.99. The Labute approximate surface area is 60.9 Å². The summed E-state index contributed by atoms with van der Waals surface area (Å²) in [5.74, 6) is 0. The van der Waals surface area contributed by atoms with E-state index in [1.54, 1.807) is 12.1 Å². The SMILES string of the molecule is O[B]B(O)c1ccccc1. The molecule has 10 heavy (non-hydrogen) atoms. The van der Waals surface area contributed by atoms with Gasteiger partial charge in [-0.25, -0.2) is 0 Å². The van der Waals surface area contributed by atoms with Crippen molar-refractivity contribution >= 4 is 19.6 Å². The molecule has 0 amide bonds. The van der Waals surface area contributed by atoms with Crippen LogP contribution in [0.15, 0.2) is 30.3 Å². The maximum absolute atomic E-state index is 9.02. The lowest BCUT2D eigenvalue weighted by molar-refractivity contribution is 0.573. The molecule has 0 unspecified atom stereocenters. The van der Waals surface area contributed by atoms with Crippen LogP contribution in [0.4, 0.5) is 0 Å². The van der Waals surface area contributed by atoms with Gasteiger partial charge in [-0.2, -0.15) is 0 Å². The molecule has 0 heterocycles. The predicted octanol–water partition coefficient (Wildman–Crippen LogP) is -1.01. The molecule has 1 rings (SSSR count). The summed E-state index contributed by atoms with van der Waals surface area (Å²) in [6, 6.07) is 8.96. The Morgan fingerprint density at radius 1 is 1.20 bits per heavy atom. The number of rotatable bonds is 2. The molecule has 1 aromatic carbocycles. The van der Waals surface area contributed by atoms with Gasteiger partial charge in [0, 0.05) is 0 Å². The van der Waals surface area contributed by atoms with E-state index in [1.165, 1.54) is 0 Å². The average Bonchev–Trinajstić information content (AvgIpc) is 2.05. The van der Waals surface area contributed by atoms with Crippen LogP contribution in [0.5, 0.6) is 0 Å². The van der Waals surface area contributed by atoms with Gasteiger partial charge in [0.2, 0.25) is 0 Å². The van der Waals surface area contributed by atoms with Gasteiger partial charge in [-0.05, 0) is 0 Å². The molecule has 1 aromatic rings. The van der Waals surface area contributed by atoms with E-state index in [2.05, 4.69) is 0 Å². The van der Waals surface area contributed by atoms with Gasteiger partial charge in [-0.15, -0.1) is 0 Å². The number of hydrogen-bond acceptors (Lipinski definition) is 2. The molecule has 0 spiro atoms. The van der Waals surface area contributed by atoms with E-state index in [0.29, 0.717) is 5.46 Å². The largest absolute Gasteiger partial charge is 0.460 e. The van der Waals surface area contributed by atoms with Gasteiger partial charge >= 0.3 is 6.81 Å². The van der Waals surface area contributed by atoms with Crippen molar-refractivity contribution < 1.29 is 10.0 Å². The van der Waals surface area contributed by atoms with Gasteiger partial charge in [0.1, 0.15) is 0 Å². The van der Waals surface area contributed by atoms with E-state index in [4.69, 9.17) is 10.0 Å². The molecule has 0 saturated heterocycles. The Morgan fingerprint density at radius 3 is 2.30 bits per heavy atom. The van der Waals surface area contributed by atoms with Crippen molar-refractivity contribution in [2.75, 3.05) is 0 Å². The first kappa shape index (κ1) is 7.38. The summed E-state index contributed by atoms with van der Waals surface area (Å²) >= 11 is 0. The fourth-order valence-electron chi connectivity index (χ4n) is 0.736. The molecule has 0 bridgehead atoms. The van der Waals surface area contributed by atoms with Crippen LogP contribution in [0.3, 0.4) is 0 Å². The smallest absolute Gasteiger partial charge is 0.313 e. The van der Waals surface area contributed by atoms with Gasteiger partial charge in [-0.1, -0.05) is 35.8 Å². The van der Waals surface area contributed by atoms with E-state index in [9.17, 15) is 0 Å². The quantitative estimate of drug-likeness (QED) is 0.507. The maximum atomic E-state index is 9.02. The van der Waals surface area contributed by atoms with Crippen molar-refractivity contribution in [3.05, 3.63) is 30.3 Å². The molecular weight excluding hydrogens is 126 g/mol. The van der Waals surface area contributed by atoms with Crippen molar-refractivity contribution in [1.29, 1.82) is 0 Å². The predicted molar refractivity (Wildman–Crippen MR) is 42.0 cm³/mol. The fraction of sp³-hybridized carbons (Fsp3) is 0. The minimum absolute atomic E-state index is 0.699.